The molecule has 0 heterocycles. The zero-order valence-corrected chi connectivity index (χ0v) is 13.5. The summed E-state index contributed by atoms with van der Waals surface area (Å²) in [6, 6.07) is 6.97. The molecule has 0 saturated carbocycles. The molecule has 0 spiro atoms. The maximum atomic E-state index is 13.5. The van der Waals surface area contributed by atoms with Crippen LogP contribution in [0.1, 0.15) is 15.9 Å². The fourth-order valence-corrected chi connectivity index (χ4v) is 1.93. The molecule has 0 fully saturated rings. The average molecular weight is 384 g/mol. The first-order valence-corrected chi connectivity index (χ1v) is 7.10. The van der Waals surface area contributed by atoms with Crippen molar-refractivity contribution in [1.29, 1.82) is 5.26 Å². The molecule has 0 aliphatic heterocycles. The van der Waals surface area contributed by atoms with Crippen LogP contribution in [-0.2, 0) is 11.4 Å². The second-order valence-corrected chi connectivity index (χ2v) is 4.93. The maximum Gasteiger partial charge on any atom is 0.227 e. The van der Waals surface area contributed by atoms with Crippen molar-refractivity contribution in [2.75, 3.05) is 7.11 Å². The lowest BCUT2D eigenvalue weighted by molar-refractivity contribution is 0.103. The normalized spacial score (nSPS) is 11.1. The second-order valence-electron chi connectivity index (χ2n) is 4.93. The van der Waals surface area contributed by atoms with Gasteiger partial charge in [0.05, 0.1) is 12.7 Å². The SMILES string of the molecule is COc1ccc(C(=O)/C(C#N)=N/OCc2c(F)c(F)c(F)c(F)c2F)cc1. The molecule has 0 bridgehead atoms. The van der Waals surface area contributed by atoms with Crippen molar-refractivity contribution in [3.63, 3.8) is 0 Å². The summed E-state index contributed by atoms with van der Waals surface area (Å²) >= 11 is 0. The Morgan fingerprint density at radius 2 is 1.52 bits per heavy atom. The molecule has 5 nitrogen and oxygen atoms in total. The van der Waals surface area contributed by atoms with Crippen molar-refractivity contribution in [2.45, 2.75) is 6.61 Å². The molecule has 10 heteroatoms. The minimum Gasteiger partial charge on any atom is -0.497 e. The number of nitrogens with zero attached hydrogens (tertiary/aromatic N) is 2. The fraction of sp³-hybridized carbons (Fsp3) is 0.118. The predicted octanol–water partition coefficient (Wildman–Crippen LogP) is 3.67. The second kappa shape index (κ2) is 8.27. The van der Waals surface area contributed by atoms with E-state index in [2.05, 4.69) is 9.99 Å². The number of ether oxygens (including phenoxy) is 1. The van der Waals surface area contributed by atoms with Crippen molar-refractivity contribution in [2.24, 2.45) is 5.16 Å². The molecule has 0 N–H and O–H groups in total. The number of benzene rings is 2. The van der Waals surface area contributed by atoms with Crippen LogP contribution in [0.2, 0.25) is 0 Å². The molecule has 140 valence electrons. The van der Waals surface area contributed by atoms with E-state index in [1.54, 1.807) is 0 Å². The van der Waals surface area contributed by atoms with Gasteiger partial charge in [-0.2, -0.15) is 5.26 Å². The van der Waals surface area contributed by atoms with Crippen LogP contribution in [0.4, 0.5) is 22.0 Å². The highest BCUT2D eigenvalue weighted by Crippen LogP contribution is 2.23. The molecule has 0 aliphatic rings. The van der Waals surface area contributed by atoms with Gasteiger partial charge in [0.2, 0.25) is 17.3 Å². The van der Waals surface area contributed by atoms with Gasteiger partial charge in [0, 0.05) is 5.56 Å². The largest absolute Gasteiger partial charge is 0.497 e. The molecule has 2 rings (SSSR count). The topological polar surface area (TPSA) is 71.7 Å². The van der Waals surface area contributed by atoms with Gasteiger partial charge in [-0.3, -0.25) is 4.79 Å². The van der Waals surface area contributed by atoms with E-state index in [0.29, 0.717) is 5.75 Å². The smallest absolute Gasteiger partial charge is 0.227 e. The average Bonchev–Trinajstić information content (AvgIpc) is 2.70. The number of hydrogen-bond donors (Lipinski definition) is 0. The molecule has 0 aromatic heterocycles. The minimum absolute atomic E-state index is 0.0379. The molecule has 0 unspecified atom stereocenters. The van der Waals surface area contributed by atoms with Gasteiger partial charge in [0.15, 0.2) is 23.3 Å². The fourth-order valence-electron chi connectivity index (χ4n) is 1.93. The Balaban J connectivity index is 2.21. The van der Waals surface area contributed by atoms with Crippen LogP contribution in [0.5, 0.6) is 5.75 Å². The zero-order chi connectivity index (χ0) is 20.1. The van der Waals surface area contributed by atoms with Crippen molar-refractivity contribution < 1.29 is 36.3 Å². The first kappa shape index (κ1) is 19.8. The van der Waals surface area contributed by atoms with E-state index >= 15 is 0 Å². The van der Waals surface area contributed by atoms with Crippen molar-refractivity contribution in [3.8, 4) is 11.8 Å². The van der Waals surface area contributed by atoms with E-state index in [9.17, 15) is 26.7 Å². The number of nitriles is 1. The first-order chi connectivity index (χ1) is 12.8. The predicted molar refractivity (Wildman–Crippen MR) is 81.4 cm³/mol. The number of carbonyl (C=O) groups is 1. The number of oxime groups is 1. The highest BCUT2D eigenvalue weighted by Gasteiger charge is 2.26. The first-order valence-electron chi connectivity index (χ1n) is 7.10. The highest BCUT2D eigenvalue weighted by atomic mass is 19.2. The minimum atomic E-state index is -2.32. The lowest BCUT2D eigenvalue weighted by atomic mass is 10.1. The van der Waals surface area contributed by atoms with Gasteiger partial charge in [0.25, 0.3) is 0 Å². The number of carbonyl (C=O) groups excluding carboxylic acids is 1. The van der Waals surface area contributed by atoms with E-state index in [-0.39, 0.29) is 5.56 Å². The standard InChI is InChI=1S/C17H9F5N2O3/c1-26-9-4-2-8(3-5-9)17(25)11(6-23)24-27-7-10-12(18)14(20)16(22)15(21)13(10)19/h2-5H,7H2,1H3/b24-11+. The maximum absolute atomic E-state index is 13.5. The van der Waals surface area contributed by atoms with Gasteiger partial charge in [0.1, 0.15) is 18.4 Å². The van der Waals surface area contributed by atoms with Crippen LogP contribution < -0.4 is 4.74 Å². The Bertz CT molecular complexity index is 924. The van der Waals surface area contributed by atoms with Gasteiger partial charge >= 0.3 is 0 Å². The lowest BCUT2D eigenvalue weighted by Crippen LogP contribution is -2.13. The molecular formula is C17H9F5N2O3. The Labute approximate surface area is 149 Å². The van der Waals surface area contributed by atoms with E-state index in [1.807, 2.05) is 0 Å². The summed E-state index contributed by atoms with van der Waals surface area (Å²) in [5.74, 6) is -11.2. The van der Waals surface area contributed by atoms with E-state index in [0.717, 1.165) is 0 Å². The Morgan fingerprint density at radius 1 is 1.00 bits per heavy atom. The zero-order valence-electron chi connectivity index (χ0n) is 13.5. The molecule has 0 aliphatic carbocycles. The Kier molecular flexibility index (Phi) is 6.07. The number of Topliss-reactive ketones (excluding diaryl/α,β-unsaturated/α-hetero) is 1. The number of rotatable bonds is 6. The van der Waals surface area contributed by atoms with Crippen molar-refractivity contribution in [1.82, 2.24) is 0 Å². The van der Waals surface area contributed by atoms with Gasteiger partial charge < -0.3 is 9.57 Å². The molecule has 0 saturated heterocycles. The Hall–Kier alpha value is -3.48. The van der Waals surface area contributed by atoms with Gasteiger partial charge in [-0.05, 0) is 24.3 Å². The van der Waals surface area contributed by atoms with E-state index in [4.69, 9.17) is 10.00 Å². The third-order valence-corrected chi connectivity index (χ3v) is 3.34. The Morgan fingerprint density at radius 3 is 2.00 bits per heavy atom. The molecular weight excluding hydrogens is 375 g/mol. The molecule has 27 heavy (non-hydrogen) atoms. The number of methoxy groups -OCH3 is 1. The van der Waals surface area contributed by atoms with Crippen LogP contribution >= 0.6 is 0 Å². The quantitative estimate of drug-likeness (QED) is 0.190. The summed E-state index contributed by atoms with van der Waals surface area (Å²) in [6.45, 7) is -1.19. The summed E-state index contributed by atoms with van der Waals surface area (Å²) in [4.78, 5) is 16.6. The third kappa shape index (κ3) is 4.03. The number of halogens is 5. The highest BCUT2D eigenvalue weighted by molar-refractivity contribution is 6.51. The third-order valence-electron chi connectivity index (χ3n) is 3.34. The molecule has 0 atom stereocenters. The van der Waals surface area contributed by atoms with Crippen LogP contribution in [0.25, 0.3) is 0 Å². The van der Waals surface area contributed by atoms with Crippen LogP contribution in [0.15, 0.2) is 29.4 Å². The monoisotopic (exact) mass is 384 g/mol. The number of hydrogen-bond acceptors (Lipinski definition) is 5. The van der Waals surface area contributed by atoms with Gasteiger partial charge in [-0.1, -0.05) is 5.16 Å². The summed E-state index contributed by atoms with van der Waals surface area (Å²) in [5, 5.41) is 12.1. The summed E-state index contributed by atoms with van der Waals surface area (Å²) in [5.41, 5.74) is -2.04. The number of ketones is 1. The molecule has 2 aromatic rings. The van der Waals surface area contributed by atoms with Crippen LogP contribution in [-0.4, -0.2) is 18.6 Å². The van der Waals surface area contributed by atoms with Crippen LogP contribution in [0, 0.1) is 40.4 Å². The molecule has 0 amide bonds. The lowest BCUT2D eigenvalue weighted by Gasteiger charge is -2.07. The van der Waals surface area contributed by atoms with Gasteiger partial charge in [-0.25, -0.2) is 22.0 Å². The summed E-state index contributed by atoms with van der Waals surface area (Å²) < 4.78 is 71.1. The van der Waals surface area contributed by atoms with Gasteiger partial charge in [-0.15, -0.1) is 0 Å². The van der Waals surface area contributed by atoms with Crippen LogP contribution in [0.3, 0.4) is 0 Å². The van der Waals surface area contributed by atoms with Crippen molar-refractivity contribution >= 4 is 11.5 Å². The summed E-state index contributed by atoms with van der Waals surface area (Å²) in [6.07, 6.45) is 0. The van der Waals surface area contributed by atoms with Crippen molar-refractivity contribution in [3.05, 3.63) is 64.5 Å². The van der Waals surface area contributed by atoms with E-state index < -0.39 is 52.8 Å². The van der Waals surface area contributed by atoms with E-state index in [1.165, 1.54) is 37.4 Å². The summed E-state index contributed by atoms with van der Waals surface area (Å²) in [7, 11) is 1.41. The molecule has 0 radical (unpaired) electrons. The molecule has 2 aromatic carbocycles.